The molecule has 14 heavy (non-hydrogen) atoms. The molecule has 0 spiro atoms. The molecule has 1 aromatic heterocycles. The summed E-state index contributed by atoms with van der Waals surface area (Å²) in [6.07, 6.45) is -2.82. The van der Waals surface area contributed by atoms with E-state index in [1.165, 1.54) is 0 Å². The summed E-state index contributed by atoms with van der Waals surface area (Å²) in [5.74, 6) is -1.36. The number of pyridine rings is 1. The molecule has 0 aliphatic carbocycles. The lowest BCUT2D eigenvalue weighted by atomic mass is 10.1. The highest BCUT2D eigenvalue weighted by Crippen LogP contribution is 2.27. The van der Waals surface area contributed by atoms with Gasteiger partial charge in [0.05, 0.1) is 11.1 Å². The summed E-state index contributed by atoms with van der Waals surface area (Å²) in [5.41, 5.74) is -0.901. The number of rotatable bonds is 2. The van der Waals surface area contributed by atoms with Gasteiger partial charge in [0.1, 0.15) is 7.40 Å². The minimum Gasteiger partial charge on any atom is -0.478 e. The highest BCUT2D eigenvalue weighted by molar-refractivity contribution is 14.1. The molecular formula is C7H3F2I2NO2. The molecule has 0 aromatic carbocycles. The lowest BCUT2D eigenvalue weighted by Gasteiger charge is -2.07. The van der Waals surface area contributed by atoms with E-state index in [0.29, 0.717) is 3.70 Å². The van der Waals surface area contributed by atoms with E-state index in [2.05, 4.69) is 4.98 Å². The molecule has 0 amide bonds. The Kier molecular flexibility index (Phi) is 3.98. The van der Waals surface area contributed by atoms with E-state index in [9.17, 15) is 13.6 Å². The Labute approximate surface area is 105 Å². The van der Waals surface area contributed by atoms with Crippen LogP contribution < -0.4 is 0 Å². The van der Waals surface area contributed by atoms with Crippen LogP contribution in [-0.4, -0.2) is 16.1 Å². The van der Waals surface area contributed by atoms with Crippen LogP contribution in [0.4, 0.5) is 8.78 Å². The van der Waals surface area contributed by atoms with Crippen molar-refractivity contribution in [1.82, 2.24) is 4.98 Å². The van der Waals surface area contributed by atoms with Crippen molar-refractivity contribution in [3.05, 3.63) is 24.6 Å². The summed E-state index contributed by atoms with van der Waals surface area (Å²) in [5, 5.41) is 8.70. The number of hydrogen-bond acceptors (Lipinski definition) is 2. The molecule has 0 aliphatic rings. The van der Waals surface area contributed by atoms with Gasteiger partial charge in [-0.05, 0) is 51.2 Å². The van der Waals surface area contributed by atoms with Gasteiger partial charge < -0.3 is 5.11 Å². The van der Waals surface area contributed by atoms with Gasteiger partial charge >= 0.3 is 5.97 Å². The van der Waals surface area contributed by atoms with Crippen molar-refractivity contribution in [3.8, 4) is 0 Å². The van der Waals surface area contributed by atoms with Gasteiger partial charge in [-0.25, -0.2) is 18.6 Å². The minimum atomic E-state index is -2.82. The van der Waals surface area contributed by atoms with Gasteiger partial charge in [0.2, 0.25) is 0 Å². The maximum Gasteiger partial charge on any atom is 0.336 e. The Morgan fingerprint density at radius 1 is 1.50 bits per heavy atom. The molecule has 0 aliphatic heterocycles. The summed E-state index contributed by atoms with van der Waals surface area (Å²) in [6.45, 7) is 0. The fourth-order valence-electron chi connectivity index (χ4n) is 0.879. The number of alkyl halides is 2. The fourth-order valence-corrected chi connectivity index (χ4v) is 2.68. The number of carboxylic acids is 1. The van der Waals surface area contributed by atoms with Crippen LogP contribution >= 0.6 is 45.2 Å². The van der Waals surface area contributed by atoms with Crippen LogP contribution in [0.3, 0.4) is 0 Å². The van der Waals surface area contributed by atoms with Gasteiger partial charge in [0.25, 0.3) is 6.43 Å². The second kappa shape index (κ2) is 4.64. The SMILES string of the molecule is O=C(O)c1cc(I)nc(I)c1C(F)F. The molecule has 0 atom stereocenters. The highest BCUT2D eigenvalue weighted by atomic mass is 127. The average molecular weight is 425 g/mol. The number of halogens is 4. The molecule has 1 rings (SSSR count). The second-order valence-electron chi connectivity index (χ2n) is 2.30. The van der Waals surface area contributed by atoms with Crippen molar-refractivity contribution in [2.24, 2.45) is 0 Å². The summed E-state index contributed by atoms with van der Waals surface area (Å²) in [6, 6.07) is 1.13. The first-order valence-electron chi connectivity index (χ1n) is 3.31. The quantitative estimate of drug-likeness (QED) is 0.586. The van der Waals surface area contributed by atoms with Crippen LogP contribution in [0.2, 0.25) is 0 Å². The molecule has 1 N–H and O–H groups in total. The van der Waals surface area contributed by atoms with E-state index >= 15 is 0 Å². The Morgan fingerprint density at radius 2 is 2.07 bits per heavy atom. The van der Waals surface area contributed by atoms with Crippen LogP contribution in [0, 0.1) is 7.40 Å². The third-order valence-corrected chi connectivity index (χ3v) is 2.80. The molecule has 1 heterocycles. The number of hydrogen-bond donors (Lipinski definition) is 1. The van der Waals surface area contributed by atoms with Crippen molar-refractivity contribution in [2.75, 3.05) is 0 Å². The van der Waals surface area contributed by atoms with Gasteiger partial charge in [0.15, 0.2) is 0 Å². The van der Waals surface area contributed by atoms with Gasteiger partial charge in [-0.1, -0.05) is 0 Å². The molecule has 0 radical (unpaired) electrons. The van der Waals surface area contributed by atoms with Gasteiger partial charge in [0, 0.05) is 0 Å². The average Bonchev–Trinajstić information content (AvgIpc) is 2.01. The van der Waals surface area contributed by atoms with Crippen LogP contribution in [0.1, 0.15) is 22.3 Å². The monoisotopic (exact) mass is 425 g/mol. The Morgan fingerprint density at radius 3 is 2.50 bits per heavy atom. The molecule has 0 fully saturated rings. The number of carboxylic acid groups (broad SMARTS) is 1. The number of nitrogens with zero attached hydrogens (tertiary/aromatic N) is 1. The Hall–Kier alpha value is -0.0600. The molecular weight excluding hydrogens is 422 g/mol. The smallest absolute Gasteiger partial charge is 0.336 e. The first kappa shape index (κ1) is 12.0. The number of aromatic carboxylic acids is 1. The van der Waals surface area contributed by atoms with Crippen LogP contribution in [0.15, 0.2) is 6.07 Å². The zero-order valence-corrected chi connectivity index (χ0v) is 10.8. The molecule has 1 aromatic rings. The summed E-state index contributed by atoms with van der Waals surface area (Å²) in [4.78, 5) is 14.4. The van der Waals surface area contributed by atoms with Crippen LogP contribution in [0.5, 0.6) is 0 Å². The normalized spacial score (nSPS) is 10.6. The lowest BCUT2D eigenvalue weighted by molar-refractivity contribution is 0.0683. The van der Waals surface area contributed by atoms with E-state index in [0.717, 1.165) is 6.07 Å². The maximum absolute atomic E-state index is 12.5. The summed E-state index contributed by atoms with van der Waals surface area (Å²) in [7, 11) is 0. The highest BCUT2D eigenvalue weighted by Gasteiger charge is 2.22. The molecule has 0 unspecified atom stereocenters. The second-order valence-corrected chi connectivity index (χ2v) is 4.43. The van der Waals surface area contributed by atoms with Crippen molar-refractivity contribution < 1.29 is 18.7 Å². The van der Waals surface area contributed by atoms with Crippen molar-refractivity contribution in [2.45, 2.75) is 6.43 Å². The lowest BCUT2D eigenvalue weighted by Crippen LogP contribution is -2.07. The zero-order chi connectivity index (χ0) is 10.9. The van der Waals surface area contributed by atoms with Gasteiger partial charge in [-0.15, -0.1) is 0 Å². The first-order chi connectivity index (χ1) is 6.43. The predicted octanol–water partition coefficient (Wildman–Crippen LogP) is 2.93. The van der Waals surface area contributed by atoms with E-state index in [4.69, 9.17) is 5.11 Å². The van der Waals surface area contributed by atoms with Crippen molar-refractivity contribution in [3.63, 3.8) is 0 Å². The fraction of sp³-hybridized carbons (Fsp3) is 0.143. The largest absolute Gasteiger partial charge is 0.478 e. The van der Waals surface area contributed by atoms with Crippen molar-refractivity contribution >= 4 is 51.2 Å². The van der Waals surface area contributed by atoms with Gasteiger partial charge in [-0.2, -0.15) is 0 Å². The van der Waals surface area contributed by atoms with Crippen LogP contribution in [0.25, 0.3) is 0 Å². The van der Waals surface area contributed by atoms with Crippen molar-refractivity contribution in [1.29, 1.82) is 0 Å². The van der Waals surface area contributed by atoms with E-state index < -0.39 is 18.0 Å². The molecule has 76 valence electrons. The minimum absolute atomic E-state index is 0.0295. The third kappa shape index (κ3) is 2.49. The predicted molar refractivity (Wildman–Crippen MR) is 61.6 cm³/mol. The zero-order valence-electron chi connectivity index (χ0n) is 6.47. The third-order valence-electron chi connectivity index (χ3n) is 1.43. The number of aromatic nitrogens is 1. The molecule has 7 heteroatoms. The molecule has 3 nitrogen and oxygen atoms in total. The first-order valence-corrected chi connectivity index (χ1v) is 5.46. The van der Waals surface area contributed by atoms with E-state index in [1.54, 1.807) is 45.2 Å². The standard InChI is InChI=1S/C7H3F2I2NO2/c8-5(9)4-2(7(13)14)1-3(10)12-6(4)11/h1,5H,(H,13,14). The maximum atomic E-state index is 12.5. The summed E-state index contributed by atoms with van der Waals surface area (Å²) >= 11 is 3.38. The summed E-state index contributed by atoms with van der Waals surface area (Å²) < 4.78 is 25.4. The molecule has 0 saturated carbocycles. The Balaban J connectivity index is 3.44. The van der Waals surface area contributed by atoms with E-state index in [-0.39, 0.29) is 9.26 Å². The van der Waals surface area contributed by atoms with Crippen LogP contribution in [-0.2, 0) is 0 Å². The molecule has 0 saturated heterocycles. The van der Waals surface area contributed by atoms with E-state index in [1.807, 2.05) is 0 Å². The van der Waals surface area contributed by atoms with Gasteiger partial charge in [-0.3, -0.25) is 0 Å². The molecule has 0 bridgehead atoms. The topological polar surface area (TPSA) is 50.2 Å². The number of carbonyl (C=O) groups is 1. The Bertz CT molecular complexity index is 384.